The highest BCUT2D eigenvalue weighted by atomic mass is 16.5. The van der Waals surface area contributed by atoms with Gasteiger partial charge in [0.1, 0.15) is 5.75 Å². The second kappa shape index (κ2) is 13.7. The lowest BCUT2D eigenvalue weighted by atomic mass is 10.2. The van der Waals surface area contributed by atoms with E-state index in [0.29, 0.717) is 6.54 Å². The molecule has 0 bridgehead atoms. The van der Waals surface area contributed by atoms with Crippen molar-refractivity contribution in [1.29, 1.82) is 0 Å². The number of hydrogen-bond donors (Lipinski definition) is 1. The Morgan fingerprint density at radius 1 is 1.00 bits per heavy atom. The molecule has 1 aromatic rings. The summed E-state index contributed by atoms with van der Waals surface area (Å²) in [5.74, 6) is 0.867. The van der Waals surface area contributed by atoms with Crippen LogP contribution in [0.3, 0.4) is 0 Å². The van der Waals surface area contributed by atoms with E-state index in [0.717, 1.165) is 50.4 Å². The van der Waals surface area contributed by atoms with Crippen LogP contribution in [0.2, 0.25) is 0 Å². The molecule has 1 rings (SSSR count). The summed E-state index contributed by atoms with van der Waals surface area (Å²) >= 11 is 0. The van der Waals surface area contributed by atoms with Gasteiger partial charge >= 0.3 is 0 Å². The van der Waals surface area contributed by atoms with E-state index in [9.17, 15) is 4.79 Å². The maximum Gasteiger partial charge on any atom is 0.238 e. The van der Waals surface area contributed by atoms with Gasteiger partial charge in [-0.15, -0.1) is 0 Å². The van der Waals surface area contributed by atoms with E-state index >= 15 is 0 Å². The van der Waals surface area contributed by atoms with E-state index in [1.54, 1.807) is 0 Å². The van der Waals surface area contributed by atoms with Gasteiger partial charge in [-0.2, -0.15) is 0 Å². The summed E-state index contributed by atoms with van der Waals surface area (Å²) in [5, 5.41) is 2.99. The highest BCUT2D eigenvalue weighted by Gasteiger charge is 2.09. The minimum atomic E-state index is 0.0404. The Kier molecular flexibility index (Phi) is 11.8. The Morgan fingerprint density at radius 2 is 1.72 bits per heavy atom. The molecule has 0 saturated carbocycles. The van der Waals surface area contributed by atoms with Gasteiger partial charge in [-0.3, -0.25) is 9.69 Å². The Hall–Kier alpha value is -1.55. The summed E-state index contributed by atoms with van der Waals surface area (Å²) in [6, 6.07) is 7.70. The van der Waals surface area contributed by atoms with Crippen molar-refractivity contribution < 1.29 is 9.53 Å². The highest BCUT2D eigenvalue weighted by molar-refractivity contribution is 5.92. The van der Waals surface area contributed by atoms with Crippen molar-refractivity contribution in [2.24, 2.45) is 0 Å². The standard InChI is InChI=1S/C21H36N2O2/c1-4-7-8-9-10-16-25-20-13-11-12-19(17-20)22-21(24)18-23(14-5-2)15-6-3/h11-13,17H,4-10,14-16,18H2,1-3H3,(H,22,24). The molecule has 0 fully saturated rings. The van der Waals surface area contributed by atoms with Crippen LogP contribution in [0.25, 0.3) is 0 Å². The number of nitrogens with one attached hydrogen (secondary N) is 1. The number of unbranched alkanes of at least 4 members (excludes halogenated alkanes) is 4. The summed E-state index contributed by atoms with van der Waals surface area (Å²) in [6.45, 7) is 9.62. The number of benzene rings is 1. The molecule has 0 aliphatic carbocycles. The van der Waals surface area contributed by atoms with Crippen molar-refractivity contribution in [2.75, 3.05) is 31.6 Å². The van der Waals surface area contributed by atoms with E-state index < -0.39 is 0 Å². The van der Waals surface area contributed by atoms with Gasteiger partial charge in [-0.25, -0.2) is 0 Å². The lowest BCUT2D eigenvalue weighted by Gasteiger charge is -2.20. The summed E-state index contributed by atoms with van der Waals surface area (Å²) in [7, 11) is 0. The van der Waals surface area contributed by atoms with Gasteiger partial charge in [-0.1, -0.05) is 52.5 Å². The quantitative estimate of drug-likeness (QED) is 0.476. The fourth-order valence-corrected chi connectivity index (χ4v) is 2.87. The maximum atomic E-state index is 12.3. The monoisotopic (exact) mass is 348 g/mol. The molecule has 0 aromatic heterocycles. The van der Waals surface area contributed by atoms with Gasteiger partial charge in [0, 0.05) is 11.8 Å². The molecule has 0 aliphatic rings. The predicted octanol–water partition coefficient (Wildman–Crippen LogP) is 5.10. The number of nitrogens with zero attached hydrogens (tertiary/aromatic N) is 1. The molecule has 0 spiro atoms. The number of amides is 1. The third-order valence-corrected chi connectivity index (χ3v) is 4.08. The Balaban J connectivity index is 2.39. The van der Waals surface area contributed by atoms with Gasteiger partial charge in [0.2, 0.25) is 5.91 Å². The van der Waals surface area contributed by atoms with Crippen LogP contribution >= 0.6 is 0 Å². The van der Waals surface area contributed by atoms with Crippen molar-refractivity contribution in [3.05, 3.63) is 24.3 Å². The van der Waals surface area contributed by atoms with Gasteiger partial charge in [0.25, 0.3) is 0 Å². The smallest absolute Gasteiger partial charge is 0.238 e. The molecule has 1 aromatic carbocycles. The lowest BCUT2D eigenvalue weighted by Crippen LogP contribution is -2.34. The second-order valence-electron chi connectivity index (χ2n) is 6.61. The highest BCUT2D eigenvalue weighted by Crippen LogP contribution is 2.18. The normalized spacial score (nSPS) is 10.9. The minimum Gasteiger partial charge on any atom is -0.494 e. The zero-order valence-electron chi connectivity index (χ0n) is 16.4. The topological polar surface area (TPSA) is 41.6 Å². The van der Waals surface area contributed by atoms with E-state index in [1.807, 2.05) is 24.3 Å². The van der Waals surface area contributed by atoms with Crippen LogP contribution in [0.1, 0.15) is 65.7 Å². The van der Waals surface area contributed by atoms with E-state index in [2.05, 4.69) is 31.0 Å². The first-order valence-corrected chi connectivity index (χ1v) is 9.94. The molecule has 25 heavy (non-hydrogen) atoms. The molecule has 0 radical (unpaired) electrons. The van der Waals surface area contributed by atoms with Crippen molar-refractivity contribution in [3.63, 3.8) is 0 Å². The number of carbonyl (C=O) groups is 1. The number of hydrogen-bond acceptors (Lipinski definition) is 3. The molecule has 142 valence electrons. The second-order valence-corrected chi connectivity index (χ2v) is 6.61. The van der Waals surface area contributed by atoms with Crippen molar-refractivity contribution in [3.8, 4) is 5.75 Å². The van der Waals surface area contributed by atoms with Crippen LogP contribution in [0.15, 0.2) is 24.3 Å². The molecule has 4 heteroatoms. The molecule has 4 nitrogen and oxygen atoms in total. The minimum absolute atomic E-state index is 0.0404. The third-order valence-electron chi connectivity index (χ3n) is 4.08. The van der Waals surface area contributed by atoms with E-state index in [1.165, 1.54) is 25.7 Å². The van der Waals surface area contributed by atoms with Crippen LogP contribution in [-0.4, -0.2) is 37.0 Å². The first-order valence-electron chi connectivity index (χ1n) is 9.94. The van der Waals surface area contributed by atoms with E-state index in [-0.39, 0.29) is 5.91 Å². The molecule has 0 unspecified atom stereocenters. The van der Waals surface area contributed by atoms with Crippen molar-refractivity contribution in [1.82, 2.24) is 4.90 Å². The molecular weight excluding hydrogens is 312 g/mol. The number of rotatable bonds is 14. The summed E-state index contributed by atoms with van der Waals surface area (Å²) in [4.78, 5) is 14.5. The molecule has 0 saturated heterocycles. The van der Waals surface area contributed by atoms with Crippen molar-refractivity contribution >= 4 is 11.6 Å². The van der Waals surface area contributed by atoms with Crippen molar-refractivity contribution in [2.45, 2.75) is 65.7 Å². The number of carbonyl (C=O) groups excluding carboxylic acids is 1. The Morgan fingerprint density at radius 3 is 2.40 bits per heavy atom. The van der Waals surface area contributed by atoms with Gasteiger partial charge in [-0.05, 0) is 44.5 Å². The Bertz CT molecular complexity index is 471. The molecule has 0 heterocycles. The first-order chi connectivity index (χ1) is 12.2. The molecular formula is C21H36N2O2. The van der Waals surface area contributed by atoms with Gasteiger partial charge < -0.3 is 10.1 Å². The lowest BCUT2D eigenvalue weighted by molar-refractivity contribution is -0.117. The van der Waals surface area contributed by atoms with Crippen LogP contribution in [-0.2, 0) is 4.79 Å². The van der Waals surface area contributed by atoms with E-state index in [4.69, 9.17) is 4.74 Å². The number of ether oxygens (including phenoxy) is 1. The van der Waals surface area contributed by atoms with Crippen LogP contribution in [0.4, 0.5) is 5.69 Å². The van der Waals surface area contributed by atoms with Gasteiger partial charge in [0.15, 0.2) is 0 Å². The zero-order chi connectivity index (χ0) is 18.3. The average Bonchev–Trinajstić information content (AvgIpc) is 2.59. The summed E-state index contributed by atoms with van der Waals surface area (Å²) in [6.07, 6.45) is 8.27. The molecule has 0 atom stereocenters. The molecule has 0 aliphatic heterocycles. The largest absolute Gasteiger partial charge is 0.494 e. The maximum absolute atomic E-state index is 12.3. The number of anilines is 1. The third kappa shape index (κ3) is 10.1. The van der Waals surface area contributed by atoms with Crippen LogP contribution in [0.5, 0.6) is 5.75 Å². The molecule has 1 N–H and O–H groups in total. The predicted molar refractivity (Wildman–Crippen MR) is 106 cm³/mol. The van der Waals surface area contributed by atoms with Gasteiger partial charge in [0.05, 0.1) is 13.2 Å². The fourth-order valence-electron chi connectivity index (χ4n) is 2.87. The van der Waals surface area contributed by atoms with Crippen LogP contribution < -0.4 is 10.1 Å². The summed E-state index contributed by atoms with van der Waals surface area (Å²) in [5.41, 5.74) is 0.807. The first kappa shape index (κ1) is 21.5. The zero-order valence-corrected chi connectivity index (χ0v) is 16.4. The average molecular weight is 349 g/mol. The summed E-state index contributed by atoms with van der Waals surface area (Å²) < 4.78 is 5.80. The Labute approximate surface area is 153 Å². The molecule has 1 amide bonds. The SMILES string of the molecule is CCCCCCCOc1cccc(NC(=O)CN(CCC)CCC)c1. The van der Waals surface area contributed by atoms with Crippen LogP contribution in [0, 0.1) is 0 Å². The fraction of sp³-hybridized carbons (Fsp3) is 0.667.